The van der Waals surface area contributed by atoms with Crippen LogP contribution in [0.3, 0.4) is 0 Å². The average molecular weight is 509 g/mol. The number of hydrogen-bond acceptors (Lipinski definition) is 4. The number of H-pyrrole nitrogens is 1. The molecule has 0 saturated carbocycles. The number of aromatic amines is 1. The number of nitrogens with one attached hydrogen (secondary N) is 2. The lowest BCUT2D eigenvalue weighted by Crippen LogP contribution is -2.49. The maximum Gasteiger partial charge on any atom is 0.407 e. The van der Waals surface area contributed by atoms with Gasteiger partial charge in [-0.15, -0.1) is 0 Å². The highest BCUT2D eigenvalue weighted by Gasteiger charge is 2.47. The normalized spacial score (nSPS) is 19.9. The van der Waals surface area contributed by atoms with Crippen LogP contribution < -0.4 is 5.32 Å². The van der Waals surface area contributed by atoms with E-state index in [-0.39, 0.29) is 23.1 Å². The summed E-state index contributed by atoms with van der Waals surface area (Å²) >= 11 is 0. The van der Waals surface area contributed by atoms with Gasteiger partial charge in [0, 0.05) is 31.3 Å². The molecule has 0 saturated heterocycles. The molecule has 0 radical (unpaired) electrons. The molecule has 0 fully saturated rings. The first kappa shape index (κ1) is 27.1. The number of nitrogens with zero attached hydrogens (tertiary/aromatic N) is 2. The summed E-state index contributed by atoms with van der Waals surface area (Å²) in [5, 5.41) is 2.65. The summed E-state index contributed by atoms with van der Waals surface area (Å²) < 4.78 is 20.2. The number of imidazole rings is 1. The Hall–Kier alpha value is -2.93. The van der Waals surface area contributed by atoms with Gasteiger partial charge in [0.2, 0.25) is 0 Å². The Labute approximate surface area is 220 Å². The Morgan fingerprint density at radius 3 is 2.73 bits per heavy atom. The molecule has 4 rings (SSSR count). The largest absolute Gasteiger partial charge is 0.442 e. The Bertz CT molecular complexity index is 1200. The number of rotatable bonds is 9. The van der Waals surface area contributed by atoms with Crippen LogP contribution in [0.5, 0.6) is 0 Å². The van der Waals surface area contributed by atoms with Gasteiger partial charge in [-0.05, 0) is 74.2 Å². The summed E-state index contributed by atoms with van der Waals surface area (Å²) in [4.78, 5) is 23.2. The molecule has 37 heavy (non-hydrogen) atoms. The number of hydrogen-bond donors (Lipinski definition) is 2. The molecule has 0 spiro atoms. The van der Waals surface area contributed by atoms with Crippen LogP contribution >= 0.6 is 0 Å². The van der Waals surface area contributed by atoms with Crippen molar-refractivity contribution < 1.29 is 13.9 Å². The number of benzene rings is 2. The number of halogens is 1. The number of aryl methyl sites for hydroxylation is 1. The number of aromatic nitrogens is 2. The van der Waals surface area contributed by atoms with Crippen LogP contribution in [0.1, 0.15) is 69.8 Å². The fourth-order valence-corrected chi connectivity index (χ4v) is 5.88. The van der Waals surface area contributed by atoms with Crippen molar-refractivity contribution in [2.24, 2.45) is 5.92 Å². The minimum Gasteiger partial charge on any atom is -0.442 e. The van der Waals surface area contributed by atoms with Crippen LogP contribution in [-0.2, 0) is 16.6 Å². The predicted octanol–water partition coefficient (Wildman–Crippen LogP) is 6.17. The standard InChI is InChI=1S/C30H41FN4O2/c1-20(2)26-23-12-11-22(31)19-21(23)13-14-30(26,37-28(36)32-5)16-18-35(6)17-15-29(3,4)27-33-24-9-7-8-10-25(24)34-27/h7-12,19-20,26H,13-18H2,1-6H3,(H,32,36)(H,33,34)/t26?,30-/m0/s1. The highest BCUT2D eigenvalue weighted by Crippen LogP contribution is 2.48. The second-order valence-corrected chi connectivity index (χ2v) is 11.6. The first-order valence-corrected chi connectivity index (χ1v) is 13.4. The van der Waals surface area contributed by atoms with Gasteiger partial charge < -0.3 is 19.9 Å². The molecule has 1 unspecified atom stereocenters. The van der Waals surface area contributed by atoms with Gasteiger partial charge in [-0.3, -0.25) is 0 Å². The van der Waals surface area contributed by atoms with E-state index in [1.165, 1.54) is 6.07 Å². The third-order valence-electron chi connectivity index (χ3n) is 8.06. The highest BCUT2D eigenvalue weighted by molar-refractivity contribution is 5.75. The number of para-hydroxylation sites is 2. The maximum absolute atomic E-state index is 14.0. The molecular formula is C30H41FN4O2. The Balaban J connectivity index is 1.49. The van der Waals surface area contributed by atoms with E-state index in [4.69, 9.17) is 9.72 Å². The second kappa shape index (κ2) is 10.8. The van der Waals surface area contributed by atoms with Crippen LogP contribution in [0, 0.1) is 11.7 Å². The number of carbonyl (C=O) groups is 1. The van der Waals surface area contributed by atoms with E-state index in [9.17, 15) is 9.18 Å². The Morgan fingerprint density at radius 2 is 2.03 bits per heavy atom. The predicted molar refractivity (Wildman–Crippen MR) is 146 cm³/mol. The minimum atomic E-state index is -0.651. The van der Waals surface area contributed by atoms with Gasteiger partial charge in [0.1, 0.15) is 17.2 Å². The second-order valence-electron chi connectivity index (χ2n) is 11.6. The van der Waals surface area contributed by atoms with Crippen molar-refractivity contribution in [3.05, 3.63) is 65.2 Å². The molecule has 7 heteroatoms. The molecule has 1 aromatic heterocycles. The van der Waals surface area contributed by atoms with Crippen molar-refractivity contribution in [3.63, 3.8) is 0 Å². The van der Waals surface area contributed by atoms with Crippen LogP contribution in [-0.4, -0.2) is 53.7 Å². The number of fused-ring (bicyclic) bond motifs is 2. The SMILES string of the molecule is CNC(=O)O[C@]1(CCN(C)CCC(C)(C)c2nc3ccccc3[nH]2)CCc2cc(F)ccc2C1C(C)C. The molecule has 2 N–H and O–H groups in total. The van der Waals surface area contributed by atoms with Crippen molar-refractivity contribution >= 4 is 17.1 Å². The average Bonchev–Trinajstić information content (AvgIpc) is 3.31. The quantitative estimate of drug-likeness (QED) is 0.363. The van der Waals surface area contributed by atoms with Crippen molar-refractivity contribution in [3.8, 4) is 0 Å². The van der Waals surface area contributed by atoms with Crippen molar-refractivity contribution in [2.75, 3.05) is 27.2 Å². The molecule has 2 atom stereocenters. The molecule has 1 aliphatic rings. The van der Waals surface area contributed by atoms with E-state index in [1.54, 1.807) is 13.1 Å². The lowest BCUT2D eigenvalue weighted by atomic mass is 9.65. The summed E-state index contributed by atoms with van der Waals surface area (Å²) in [6, 6.07) is 13.2. The topological polar surface area (TPSA) is 70.2 Å². The molecule has 1 amide bonds. The first-order valence-electron chi connectivity index (χ1n) is 13.4. The van der Waals surface area contributed by atoms with Crippen molar-refractivity contribution in [1.82, 2.24) is 20.2 Å². The van der Waals surface area contributed by atoms with Crippen molar-refractivity contribution in [2.45, 2.75) is 70.3 Å². The van der Waals surface area contributed by atoms with Gasteiger partial charge in [0.05, 0.1) is 11.0 Å². The molecule has 0 bridgehead atoms. The third-order valence-corrected chi connectivity index (χ3v) is 8.06. The zero-order chi connectivity index (χ0) is 26.8. The summed E-state index contributed by atoms with van der Waals surface area (Å²) in [6.07, 6.45) is 2.60. The monoisotopic (exact) mass is 508 g/mol. The molecule has 1 aliphatic carbocycles. The van der Waals surface area contributed by atoms with E-state index < -0.39 is 11.7 Å². The zero-order valence-corrected chi connectivity index (χ0v) is 23.0. The fourth-order valence-electron chi connectivity index (χ4n) is 5.88. The zero-order valence-electron chi connectivity index (χ0n) is 23.0. The summed E-state index contributed by atoms with van der Waals surface area (Å²) in [6.45, 7) is 10.4. The van der Waals surface area contributed by atoms with Crippen LogP contribution in [0.25, 0.3) is 11.0 Å². The third kappa shape index (κ3) is 5.82. The maximum atomic E-state index is 14.0. The van der Waals surface area contributed by atoms with E-state index in [2.05, 4.69) is 56.0 Å². The van der Waals surface area contributed by atoms with Gasteiger partial charge in [-0.1, -0.05) is 45.9 Å². The summed E-state index contributed by atoms with van der Waals surface area (Å²) in [5.74, 6) is 1.01. The number of amides is 1. The molecule has 6 nitrogen and oxygen atoms in total. The molecule has 200 valence electrons. The van der Waals surface area contributed by atoms with E-state index in [1.807, 2.05) is 24.3 Å². The van der Waals surface area contributed by atoms with Crippen LogP contribution in [0.2, 0.25) is 0 Å². The highest BCUT2D eigenvalue weighted by atomic mass is 19.1. The molecule has 1 heterocycles. The lowest BCUT2D eigenvalue weighted by molar-refractivity contribution is -0.0437. The summed E-state index contributed by atoms with van der Waals surface area (Å²) in [5.41, 5.74) is 3.41. The Morgan fingerprint density at radius 1 is 1.27 bits per heavy atom. The van der Waals surface area contributed by atoms with E-state index in [0.29, 0.717) is 19.3 Å². The molecule has 3 aromatic rings. The number of carbonyl (C=O) groups excluding carboxylic acids is 1. The lowest BCUT2D eigenvalue weighted by Gasteiger charge is -2.47. The first-order chi connectivity index (χ1) is 17.5. The molecule has 2 aromatic carbocycles. The van der Waals surface area contributed by atoms with Crippen molar-refractivity contribution in [1.29, 1.82) is 0 Å². The number of ether oxygens (including phenoxy) is 1. The number of alkyl carbamates (subject to hydrolysis) is 1. The Kier molecular flexibility index (Phi) is 7.93. The van der Waals surface area contributed by atoms with E-state index in [0.717, 1.165) is 47.5 Å². The smallest absolute Gasteiger partial charge is 0.407 e. The van der Waals surface area contributed by atoms with Crippen LogP contribution in [0.4, 0.5) is 9.18 Å². The van der Waals surface area contributed by atoms with E-state index >= 15 is 0 Å². The van der Waals surface area contributed by atoms with Gasteiger partial charge in [0.15, 0.2) is 0 Å². The van der Waals surface area contributed by atoms with Gasteiger partial charge in [-0.2, -0.15) is 0 Å². The van der Waals surface area contributed by atoms with Crippen LogP contribution in [0.15, 0.2) is 42.5 Å². The van der Waals surface area contributed by atoms with Gasteiger partial charge >= 0.3 is 6.09 Å². The van der Waals surface area contributed by atoms with Gasteiger partial charge in [-0.25, -0.2) is 14.2 Å². The minimum absolute atomic E-state index is 0.00506. The summed E-state index contributed by atoms with van der Waals surface area (Å²) in [7, 11) is 3.72. The molecular weight excluding hydrogens is 467 g/mol. The molecule has 0 aliphatic heterocycles. The van der Waals surface area contributed by atoms with Gasteiger partial charge in [0.25, 0.3) is 0 Å². The fraction of sp³-hybridized carbons (Fsp3) is 0.533.